The summed E-state index contributed by atoms with van der Waals surface area (Å²) in [5.74, 6) is 1.23. The van der Waals surface area contributed by atoms with Crippen molar-refractivity contribution in [3.05, 3.63) is 109 Å². The van der Waals surface area contributed by atoms with Crippen molar-refractivity contribution in [1.29, 1.82) is 0 Å². The summed E-state index contributed by atoms with van der Waals surface area (Å²) < 4.78 is 14.5. The van der Waals surface area contributed by atoms with Crippen LogP contribution in [0.15, 0.2) is 87.6 Å². The van der Waals surface area contributed by atoms with E-state index in [4.69, 9.17) is 42.8 Å². The minimum absolute atomic E-state index is 0.247. The number of halogens is 3. The van der Waals surface area contributed by atoms with Gasteiger partial charge in [-0.05, 0) is 56.7 Å². The van der Waals surface area contributed by atoms with Gasteiger partial charge in [-0.2, -0.15) is 4.98 Å². The van der Waals surface area contributed by atoms with E-state index in [9.17, 15) is 4.79 Å². The highest BCUT2D eigenvalue weighted by atomic mass is 79.9. The van der Waals surface area contributed by atoms with E-state index in [1.54, 1.807) is 4.68 Å². The molecule has 0 radical (unpaired) electrons. The summed E-state index contributed by atoms with van der Waals surface area (Å²) >= 11 is 17.8. The van der Waals surface area contributed by atoms with E-state index in [2.05, 4.69) is 21.2 Å². The monoisotopic (exact) mass is 672 g/mol. The number of fused-ring (bicyclic) bond motifs is 1. The fraction of sp³-hybridized carbons (Fsp3) is 0.233. The minimum atomic E-state index is -0.668. The molecule has 0 aliphatic carbocycles. The molecule has 212 valence electrons. The van der Waals surface area contributed by atoms with Crippen LogP contribution in [0.3, 0.4) is 0 Å². The van der Waals surface area contributed by atoms with Gasteiger partial charge in [-0.3, -0.25) is 0 Å². The number of aromatic nitrogens is 3. The SMILES string of the molecule is CC1=C(C(=O)OC(C)C)C(c2cc(Br)ccc2OCc2ccccc2Cl)n2nc(SCc3ccccc3Cl)nc2N1. The number of carbonyl (C=O) groups excluding carboxylic acids is 1. The van der Waals surface area contributed by atoms with E-state index in [0.29, 0.717) is 43.9 Å². The normalized spacial score (nSPS) is 14.6. The van der Waals surface area contributed by atoms with Crippen LogP contribution in [0, 0.1) is 0 Å². The van der Waals surface area contributed by atoms with Gasteiger partial charge in [0.05, 0.1) is 11.7 Å². The molecule has 1 unspecified atom stereocenters. The van der Waals surface area contributed by atoms with E-state index in [1.807, 2.05) is 87.5 Å². The van der Waals surface area contributed by atoms with Crippen LogP contribution in [0.2, 0.25) is 10.0 Å². The maximum absolute atomic E-state index is 13.5. The average Bonchev–Trinajstić information content (AvgIpc) is 3.33. The Morgan fingerprint density at radius 3 is 2.44 bits per heavy atom. The molecular weight excluding hydrogens is 647 g/mol. The smallest absolute Gasteiger partial charge is 0.338 e. The van der Waals surface area contributed by atoms with Crippen LogP contribution in [0.5, 0.6) is 5.75 Å². The molecule has 0 saturated carbocycles. The summed E-state index contributed by atoms with van der Waals surface area (Å²) in [4.78, 5) is 18.3. The number of hydrogen-bond acceptors (Lipinski definition) is 7. The molecule has 1 N–H and O–H groups in total. The first-order chi connectivity index (χ1) is 19.7. The molecule has 5 rings (SSSR count). The zero-order chi connectivity index (χ0) is 29.1. The van der Waals surface area contributed by atoms with Gasteiger partial charge in [0.1, 0.15) is 18.4 Å². The average molecular weight is 674 g/mol. The maximum Gasteiger partial charge on any atom is 0.338 e. The lowest BCUT2D eigenvalue weighted by molar-refractivity contribution is -0.143. The van der Waals surface area contributed by atoms with Gasteiger partial charge in [0.2, 0.25) is 11.1 Å². The number of carbonyl (C=O) groups is 1. The molecule has 41 heavy (non-hydrogen) atoms. The van der Waals surface area contributed by atoms with Crippen LogP contribution >= 0.6 is 50.9 Å². The number of allylic oxidation sites excluding steroid dienone is 1. The zero-order valence-corrected chi connectivity index (χ0v) is 26.4. The standard InChI is InChI=1S/C30H27BrCl2N4O3S/c1-17(2)40-28(38)26-18(3)34-29-35-30(41-16-20-9-5-7-11-24(20)33)36-37(29)27(26)22-14-21(31)12-13-25(22)39-15-19-8-4-6-10-23(19)32/h4-14,17,27H,15-16H2,1-3H3,(H,34,35,36). The largest absolute Gasteiger partial charge is 0.488 e. The number of nitrogens with zero attached hydrogens (tertiary/aromatic N) is 3. The lowest BCUT2D eigenvalue weighted by atomic mass is 9.95. The molecule has 0 spiro atoms. The Hall–Kier alpha value is -2.98. The van der Waals surface area contributed by atoms with Crippen LogP contribution in [0.25, 0.3) is 0 Å². The third-order valence-corrected chi connectivity index (χ3v) is 8.44. The molecule has 11 heteroatoms. The maximum atomic E-state index is 13.5. The molecule has 0 fully saturated rings. The second-order valence-corrected chi connectivity index (χ2v) is 12.3. The topological polar surface area (TPSA) is 78.3 Å². The van der Waals surface area contributed by atoms with Gasteiger partial charge in [-0.1, -0.05) is 87.3 Å². The van der Waals surface area contributed by atoms with Gasteiger partial charge in [0, 0.05) is 37.1 Å². The molecule has 0 saturated heterocycles. The first-order valence-electron chi connectivity index (χ1n) is 12.9. The molecular formula is C30H27BrCl2N4O3S. The Morgan fingerprint density at radius 2 is 1.76 bits per heavy atom. The molecule has 1 aliphatic rings. The van der Waals surface area contributed by atoms with Gasteiger partial charge in [-0.15, -0.1) is 5.10 Å². The number of anilines is 1. The van der Waals surface area contributed by atoms with Gasteiger partial charge < -0.3 is 14.8 Å². The second kappa shape index (κ2) is 12.9. The molecule has 3 aromatic carbocycles. The van der Waals surface area contributed by atoms with Gasteiger partial charge in [0.15, 0.2) is 0 Å². The molecule has 4 aromatic rings. The summed E-state index contributed by atoms with van der Waals surface area (Å²) in [7, 11) is 0. The van der Waals surface area contributed by atoms with Crippen molar-refractivity contribution in [3.63, 3.8) is 0 Å². The minimum Gasteiger partial charge on any atom is -0.488 e. The Labute approximate surface area is 261 Å². The highest BCUT2D eigenvalue weighted by Crippen LogP contribution is 2.42. The Kier molecular flexibility index (Phi) is 9.28. The Morgan fingerprint density at radius 1 is 1.07 bits per heavy atom. The Bertz CT molecular complexity index is 1630. The lowest BCUT2D eigenvalue weighted by Crippen LogP contribution is -2.31. The number of rotatable bonds is 9. The van der Waals surface area contributed by atoms with Crippen molar-refractivity contribution in [2.24, 2.45) is 0 Å². The summed E-state index contributed by atoms with van der Waals surface area (Å²) in [6.45, 7) is 5.72. The number of hydrogen-bond donors (Lipinski definition) is 1. The van der Waals surface area contributed by atoms with Crippen molar-refractivity contribution in [2.45, 2.75) is 50.4 Å². The molecule has 0 amide bonds. The fourth-order valence-corrected chi connectivity index (χ4v) is 6.10. The summed E-state index contributed by atoms with van der Waals surface area (Å²) in [6, 6.07) is 20.2. The molecule has 2 heterocycles. The molecule has 1 atom stereocenters. The van der Waals surface area contributed by atoms with Crippen molar-refractivity contribution >= 4 is 62.8 Å². The predicted molar refractivity (Wildman–Crippen MR) is 167 cm³/mol. The Balaban J connectivity index is 1.55. The second-order valence-electron chi connectivity index (χ2n) is 9.63. The van der Waals surface area contributed by atoms with Crippen molar-refractivity contribution in [1.82, 2.24) is 14.8 Å². The van der Waals surface area contributed by atoms with Crippen LogP contribution in [-0.2, 0) is 21.9 Å². The predicted octanol–water partition coefficient (Wildman–Crippen LogP) is 8.46. The highest BCUT2D eigenvalue weighted by molar-refractivity contribution is 9.10. The van der Waals surface area contributed by atoms with E-state index >= 15 is 0 Å². The quantitative estimate of drug-likeness (QED) is 0.141. The molecule has 7 nitrogen and oxygen atoms in total. The van der Waals surface area contributed by atoms with Crippen LogP contribution < -0.4 is 10.1 Å². The molecule has 0 bridgehead atoms. The van der Waals surface area contributed by atoms with E-state index in [0.717, 1.165) is 21.2 Å². The third-order valence-electron chi connectivity index (χ3n) is 6.32. The third kappa shape index (κ3) is 6.75. The molecule has 1 aromatic heterocycles. The van der Waals surface area contributed by atoms with E-state index in [-0.39, 0.29) is 12.7 Å². The van der Waals surface area contributed by atoms with Crippen LogP contribution in [-0.4, -0.2) is 26.8 Å². The first-order valence-corrected chi connectivity index (χ1v) is 15.4. The zero-order valence-electron chi connectivity index (χ0n) is 22.5. The molecule has 1 aliphatic heterocycles. The first kappa shape index (κ1) is 29.5. The summed E-state index contributed by atoms with van der Waals surface area (Å²) in [5.41, 5.74) is 3.59. The lowest BCUT2D eigenvalue weighted by Gasteiger charge is -2.29. The summed E-state index contributed by atoms with van der Waals surface area (Å²) in [6.07, 6.45) is -0.305. The number of benzene rings is 3. The number of esters is 1. The van der Waals surface area contributed by atoms with Gasteiger partial charge >= 0.3 is 5.97 Å². The van der Waals surface area contributed by atoms with Crippen LogP contribution in [0.4, 0.5) is 5.95 Å². The van der Waals surface area contributed by atoms with E-state index in [1.165, 1.54) is 11.8 Å². The van der Waals surface area contributed by atoms with Crippen molar-refractivity contribution < 1.29 is 14.3 Å². The number of thioether (sulfide) groups is 1. The fourth-order valence-electron chi connectivity index (χ4n) is 4.42. The number of ether oxygens (including phenoxy) is 2. The van der Waals surface area contributed by atoms with Crippen molar-refractivity contribution in [2.75, 3.05) is 5.32 Å². The highest BCUT2D eigenvalue weighted by Gasteiger charge is 2.37. The summed E-state index contributed by atoms with van der Waals surface area (Å²) in [5, 5.41) is 9.92. The van der Waals surface area contributed by atoms with E-state index < -0.39 is 12.0 Å². The van der Waals surface area contributed by atoms with Gasteiger partial charge in [-0.25, -0.2) is 9.48 Å². The van der Waals surface area contributed by atoms with Crippen molar-refractivity contribution in [3.8, 4) is 5.75 Å². The van der Waals surface area contributed by atoms with Gasteiger partial charge in [0.25, 0.3) is 0 Å². The van der Waals surface area contributed by atoms with Crippen LogP contribution in [0.1, 0.15) is 43.5 Å². The number of nitrogens with one attached hydrogen (secondary N) is 1.